The summed E-state index contributed by atoms with van der Waals surface area (Å²) in [5.74, 6) is 0.0278. The van der Waals surface area contributed by atoms with Crippen LogP contribution in [0.3, 0.4) is 0 Å². The van der Waals surface area contributed by atoms with Crippen molar-refractivity contribution >= 4 is 22.4 Å². The average molecular weight is 363 g/mol. The van der Waals surface area contributed by atoms with Gasteiger partial charge in [-0.25, -0.2) is 4.39 Å². The predicted molar refractivity (Wildman–Crippen MR) is 106 cm³/mol. The highest BCUT2D eigenvalue weighted by Gasteiger charge is 2.18. The molecule has 1 aliphatic rings. The van der Waals surface area contributed by atoms with Crippen LogP contribution in [0, 0.1) is 5.82 Å². The van der Waals surface area contributed by atoms with Crippen molar-refractivity contribution in [1.29, 1.82) is 0 Å². The van der Waals surface area contributed by atoms with Gasteiger partial charge in [-0.1, -0.05) is 12.1 Å². The van der Waals surface area contributed by atoms with E-state index in [-0.39, 0.29) is 11.7 Å². The Morgan fingerprint density at radius 3 is 2.56 bits per heavy atom. The summed E-state index contributed by atoms with van der Waals surface area (Å²) < 4.78 is 13.9. The van der Waals surface area contributed by atoms with Gasteiger partial charge in [0.25, 0.3) is 5.91 Å². The first kappa shape index (κ1) is 17.6. The molecule has 4 nitrogen and oxygen atoms in total. The maximum atomic E-state index is 13.9. The molecule has 0 bridgehead atoms. The number of carbonyl (C=O) groups excluding carboxylic acids is 1. The van der Waals surface area contributed by atoms with Crippen LogP contribution in [0.25, 0.3) is 10.8 Å². The molecule has 2 aromatic carbocycles. The maximum Gasteiger partial charge on any atom is 0.255 e. The summed E-state index contributed by atoms with van der Waals surface area (Å²) in [5.41, 5.74) is 2.44. The molecule has 0 unspecified atom stereocenters. The second kappa shape index (κ2) is 7.45. The molecule has 3 aromatic rings. The first-order chi connectivity index (χ1) is 13.1. The van der Waals surface area contributed by atoms with E-state index in [0.29, 0.717) is 27.9 Å². The van der Waals surface area contributed by atoms with Gasteiger partial charge in [-0.3, -0.25) is 9.78 Å². The molecule has 1 aromatic heterocycles. The van der Waals surface area contributed by atoms with Crippen molar-refractivity contribution in [2.24, 2.45) is 0 Å². The van der Waals surface area contributed by atoms with Crippen LogP contribution >= 0.6 is 0 Å². The predicted octanol–water partition coefficient (Wildman–Crippen LogP) is 4.44. The van der Waals surface area contributed by atoms with Crippen LogP contribution in [0.15, 0.2) is 54.9 Å². The summed E-state index contributed by atoms with van der Waals surface area (Å²) in [7, 11) is 2.15. The quantitative estimate of drug-likeness (QED) is 0.748. The maximum absolute atomic E-state index is 13.9. The molecule has 0 spiro atoms. The molecule has 1 saturated heterocycles. The smallest absolute Gasteiger partial charge is 0.255 e. The van der Waals surface area contributed by atoms with E-state index in [1.165, 1.54) is 11.6 Å². The van der Waals surface area contributed by atoms with E-state index in [9.17, 15) is 9.18 Å². The summed E-state index contributed by atoms with van der Waals surface area (Å²) in [6.07, 6.45) is 5.41. The minimum Gasteiger partial charge on any atom is -0.321 e. The van der Waals surface area contributed by atoms with Crippen molar-refractivity contribution in [3.63, 3.8) is 0 Å². The summed E-state index contributed by atoms with van der Waals surface area (Å²) in [6.45, 7) is 2.22. The van der Waals surface area contributed by atoms with Gasteiger partial charge < -0.3 is 10.2 Å². The number of benzene rings is 2. The molecule has 1 fully saturated rings. The number of rotatable bonds is 3. The molecular formula is C22H22FN3O. The summed E-state index contributed by atoms with van der Waals surface area (Å²) in [6, 6.07) is 12.4. The standard InChI is InChI=1S/C22H22FN3O/c1-26-12-9-16(10-13-26)15-2-4-17(5-3-15)22(27)25-21-7-6-20(23)18-8-11-24-14-19(18)21/h2-8,11,14,16H,9-10,12-13H2,1H3,(H,25,27). The van der Waals surface area contributed by atoms with Crippen LogP contribution in [0.4, 0.5) is 10.1 Å². The third-order valence-electron chi connectivity index (χ3n) is 5.38. The molecule has 27 heavy (non-hydrogen) atoms. The Morgan fingerprint density at radius 1 is 1.07 bits per heavy atom. The zero-order valence-electron chi connectivity index (χ0n) is 15.3. The average Bonchev–Trinajstić information content (AvgIpc) is 2.71. The molecule has 0 saturated carbocycles. The van der Waals surface area contributed by atoms with Crippen LogP contribution in [-0.4, -0.2) is 35.9 Å². The number of likely N-dealkylation sites (tertiary alicyclic amines) is 1. The summed E-state index contributed by atoms with van der Waals surface area (Å²) in [5, 5.41) is 3.92. The van der Waals surface area contributed by atoms with Gasteiger partial charge in [0.15, 0.2) is 0 Å². The first-order valence-electron chi connectivity index (χ1n) is 9.24. The van der Waals surface area contributed by atoms with Gasteiger partial charge in [0.2, 0.25) is 0 Å². The minimum absolute atomic E-state index is 0.207. The number of piperidine rings is 1. The zero-order chi connectivity index (χ0) is 18.8. The van der Waals surface area contributed by atoms with E-state index in [1.54, 1.807) is 24.5 Å². The molecule has 1 N–H and O–H groups in total. The van der Waals surface area contributed by atoms with Crippen molar-refractivity contribution in [3.05, 3.63) is 71.8 Å². The lowest BCUT2D eigenvalue weighted by Gasteiger charge is -2.29. The fraction of sp³-hybridized carbons (Fsp3) is 0.273. The van der Waals surface area contributed by atoms with Crippen molar-refractivity contribution in [1.82, 2.24) is 9.88 Å². The lowest BCUT2D eigenvalue weighted by molar-refractivity contribution is 0.102. The molecule has 5 heteroatoms. The van der Waals surface area contributed by atoms with Crippen LogP contribution in [0.5, 0.6) is 0 Å². The number of amides is 1. The Morgan fingerprint density at radius 2 is 1.81 bits per heavy atom. The number of aromatic nitrogens is 1. The van der Waals surface area contributed by atoms with Gasteiger partial charge >= 0.3 is 0 Å². The number of pyridine rings is 1. The zero-order valence-corrected chi connectivity index (χ0v) is 15.3. The third kappa shape index (κ3) is 3.69. The number of fused-ring (bicyclic) bond motifs is 1. The number of carbonyl (C=O) groups is 1. The van der Waals surface area contributed by atoms with Crippen LogP contribution in [0.1, 0.15) is 34.7 Å². The Balaban J connectivity index is 1.51. The summed E-state index contributed by atoms with van der Waals surface area (Å²) >= 11 is 0. The normalized spacial score (nSPS) is 15.8. The Kier molecular flexibility index (Phi) is 4.86. The van der Waals surface area contributed by atoms with Crippen molar-refractivity contribution in [3.8, 4) is 0 Å². The minimum atomic E-state index is -0.326. The number of nitrogens with one attached hydrogen (secondary N) is 1. The highest BCUT2D eigenvalue weighted by atomic mass is 19.1. The van der Waals surface area contributed by atoms with Crippen LogP contribution in [0.2, 0.25) is 0 Å². The second-order valence-corrected chi connectivity index (χ2v) is 7.17. The molecule has 1 aliphatic heterocycles. The van der Waals surface area contributed by atoms with Crippen LogP contribution in [-0.2, 0) is 0 Å². The van der Waals surface area contributed by atoms with Gasteiger partial charge in [-0.05, 0) is 74.8 Å². The van der Waals surface area contributed by atoms with E-state index in [4.69, 9.17) is 0 Å². The van der Waals surface area contributed by atoms with Gasteiger partial charge in [0.1, 0.15) is 5.82 Å². The van der Waals surface area contributed by atoms with Crippen molar-refractivity contribution in [2.45, 2.75) is 18.8 Å². The Bertz CT molecular complexity index is 963. The molecule has 138 valence electrons. The van der Waals surface area contributed by atoms with Crippen molar-refractivity contribution in [2.75, 3.05) is 25.5 Å². The monoisotopic (exact) mass is 363 g/mol. The van der Waals surface area contributed by atoms with Crippen LogP contribution < -0.4 is 5.32 Å². The molecular weight excluding hydrogens is 341 g/mol. The van der Waals surface area contributed by atoms with E-state index < -0.39 is 0 Å². The Labute approximate surface area is 158 Å². The molecule has 0 radical (unpaired) electrons. The number of anilines is 1. The second-order valence-electron chi connectivity index (χ2n) is 7.17. The molecule has 0 atom stereocenters. The lowest BCUT2D eigenvalue weighted by Crippen LogP contribution is -2.29. The van der Waals surface area contributed by atoms with Gasteiger partial charge in [-0.15, -0.1) is 0 Å². The molecule has 4 rings (SSSR count). The highest BCUT2D eigenvalue weighted by Crippen LogP contribution is 2.28. The third-order valence-corrected chi connectivity index (χ3v) is 5.38. The first-order valence-corrected chi connectivity index (χ1v) is 9.24. The SMILES string of the molecule is CN1CCC(c2ccc(C(=O)Nc3ccc(F)c4ccncc34)cc2)CC1. The van der Waals surface area contributed by atoms with Gasteiger partial charge in [0, 0.05) is 28.7 Å². The molecule has 2 heterocycles. The number of halogens is 1. The lowest BCUT2D eigenvalue weighted by atomic mass is 9.89. The van der Waals surface area contributed by atoms with E-state index >= 15 is 0 Å². The molecule has 1 amide bonds. The number of hydrogen-bond acceptors (Lipinski definition) is 3. The highest BCUT2D eigenvalue weighted by molar-refractivity contribution is 6.09. The molecule has 0 aliphatic carbocycles. The number of nitrogens with zero attached hydrogens (tertiary/aromatic N) is 2. The van der Waals surface area contributed by atoms with E-state index in [0.717, 1.165) is 25.9 Å². The fourth-order valence-electron chi connectivity index (χ4n) is 3.71. The van der Waals surface area contributed by atoms with Gasteiger partial charge in [-0.2, -0.15) is 0 Å². The van der Waals surface area contributed by atoms with E-state index in [2.05, 4.69) is 34.4 Å². The van der Waals surface area contributed by atoms with E-state index in [1.807, 2.05) is 12.1 Å². The summed E-state index contributed by atoms with van der Waals surface area (Å²) in [4.78, 5) is 19.0. The fourth-order valence-corrected chi connectivity index (χ4v) is 3.71. The van der Waals surface area contributed by atoms with Gasteiger partial charge in [0.05, 0.1) is 5.69 Å². The number of hydrogen-bond donors (Lipinski definition) is 1. The van der Waals surface area contributed by atoms with Crippen molar-refractivity contribution < 1.29 is 9.18 Å². The topological polar surface area (TPSA) is 45.2 Å². The Hall–Kier alpha value is -2.79. The largest absolute Gasteiger partial charge is 0.321 e.